The summed E-state index contributed by atoms with van der Waals surface area (Å²) in [6.07, 6.45) is 6.44. The van der Waals surface area contributed by atoms with Crippen molar-refractivity contribution in [3.63, 3.8) is 0 Å². The maximum Gasteiger partial charge on any atom is 0.145 e. The van der Waals surface area contributed by atoms with Crippen molar-refractivity contribution < 1.29 is 0 Å². The van der Waals surface area contributed by atoms with E-state index >= 15 is 0 Å². The molecule has 0 spiro atoms. The highest BCUT2D eigenvalue weighted by atomic mass is 35.5. The van der Waals surface area contributed by atoms with Crippen LogP contribution >= 0.6 is 11.6 Å². The average molecular weight is 270 g/mol. The Morgan fingerprint density at radius 3 is 2.74 bits per heavy atom. The Labute approximate surface area is 115 Å². The Hall–Kier alpha value is -2.76. The van der Waals surface area contributed by atoms with Crippen molar-refractivity contribution in [2.24, 2.45) is 0 Å². The molecule has 0 bridgehead atoms. The lowest BCUT2D eigenvalue weighted by Gasteiger charge is -2.07. The zero-order chi connectivity index (χ0) is 13.7. The molecule has 1 N–H and O–H groups in total. The number of hydrogen-bond donors (Lipinski definition) is 1. The molecule has 2 aromatic rings. The van der Waals surface area contributed by atoms with Gasteiger partial charge in [-0.2, -0.15) is 10.5 Å². The van der Waals surface area contributed by atoms with Gasteiger partial charge < -0.3 is 9.88 Å². The first-order valence-electron chi connectivity index (χ1n) is 5.29. The quantitative estimate of drug-likeness (QED) is 0.869. The predicted molar refractivity (Wildman–Crippen MR) is 71.5 cm³/mol. The average Bonchev–Trinajstić information content (AvgIpc) is 2.94. The number of nitriles is 2. The molecule has 0 aliphatic carbocycles. The van der Waals surface area contributed by atoms with Crippen molar-refractivity contribution in [3.8, 4) is 17.8 Å². The van der Waals surface area contributed by atoms with Gasteiger partial charge in [0, 0.05) is 24.3 Å². The largest absolute Gasteiger partial charge is 0.360 e. The van der Waals surface area contributed by atoms with Crippen LogP contribution in [-0.2, 0) is 0 Å². The minimum absolute atomic E-state index is 0.00481. The summed E-state index contributed by atoms with van der Waals surface area (Å²) in [5.41, 5.74) is 1.49. The lowest BCUT2D eigenvalue weighted by molar-refractivity contribution is 1.06. The molecule has 1 heterocycles. The Morgan fingerprint density at radius 1 is 1.37 bits per heavy atom. The molecular formula is C13H8ClN5. The van der Waals surface area contributed by atoms with Crippen molar-refractivity contribution >= 4 is 17.3 Å². The van der Waals surface area contributed by atoms with E-state index in [1.54, 1.807) is 47.6 Å². The molecule has 0 amide bonds. The monoisotopic (exact) mass is 269 g/mol. The first kappa shape index (κ1) is 12.7. The van der Waals surface area contributed by atoms with Crippen molar-refractivity contribution in [1.29, 1.82) is 10.5 Å². The number of imidazole rings is 1. The number of aromatic nitrogens is 2. The molecule has 0 aliphatic rings. The Kier molecular flexibility index (Phi) is 3.82. The third-order valence-electron chi connectivity index (χ3n) is 2.35. The first-order chi connectivity index (χ1) is 9.24. The van der Waals surface area contributed by atoms with Gasteiger partial charge in [-0.1, -0.05) is 11.6 Å². The summed E-state index contributed by atoms with van der Waals surface area (Å²) in [6, 6.07) is 8.85. The van der Waals surface area contributed by atoms with Gasteiger partial charge in [0.25, 0.3) is 0 Å². The van der Waals surface area contributed by atoms with Crippen molar-refractivity contribution in [2.45, 2.75) is 0 Å². The topological polar surface area (TPSA) is 77.4 Å². The van der Waals surface area contributed by atoms with Crippen molar-refractivity contribution in [2.75, 3.05) is 5.32 Å². The minimum Gasteiger partial charge on any atom is -0.360 e. The Bertz CT molecular complexity index is 673. The summed E-state index contributed by atoms with van der Waals surface area (Å²) in [5, 5.41) is 20.6. The number of nitrogens with zero attached hydrogens (tertiary/aromatic N) is 4. The van der Waals surface area contributed by atoms with Crippen LogP contribution in [-0.4, -0.2) is 9.55 Å². The van der Waals surface area contributed by atoms with E-state index in [4.69, 9.17) is 22.1 Å². The first-order valence-corrected chi connectivity index (χ1v) is 5.67. The van der Waals surface area contributed by atoms with Gasteiger partial charge in [0.1, 0.15) is 17.7 Å². The van der Waals surface area contributed by atoms with Crippen LogP contribution in [0.3, 0.4) is 0 Å². The van der Waals surface area contributed by atoms with Gasteiger partial charge in [-0.25, -0.2) is 4.98 Å². The van der Waals surface area contributed by atoms with Crippen LogP contribution in [0, 0.1) is 22.7 Å². The maximum atomic E-state index is 8.61. The van der Waals surface area contributed by atoms with E-state index < -0.39 is 0 Å². The number of halogens is 1. The number of rotatable bonds is 3. The Balaban J connectivity index is 2.24. The number of nitrogens with one attached hydrogen (secondary N) is 1. The van der Waals surface area contributed by atoms with Gasteiger partial charge in [0.15, 0.2) is 0 Å². The molecule has 0 atom stereocenters. The molecule has 92 valence electrons. The molecule has 19 heavy (non-hydrogen) atoms. The van der Waals surface area contributed by atoms with Gasteiger partial charge >= 0.3 is 0 Å². The van der Waals surface area contributed by atoms with E-state index in [1.165, 1.54) is 6.20 Å². The van der Waals surface area contributed by atoms with Gasteiger partial charge in [-0.3, -0.25) is 0 Å². The van der Waals surface area contributed by atoms with Crippen LogP contribution in [0.1, 0.15) is 0 Å². The van der Waals surface area contributed by atoms with E-state index in [0.717, 1.165) is 5.69 Å². The molecule has 0 radical (unpaired) electrons. The van der Waals surface area contributed by atoms with Crippen molar-refractivity contribution in [3.05, 3.63) is 53.7 Å². The molecular weight excluding hydrogens is 262 g/mol. The van der Waals surface area contributed by atoms with Crippen molar-refractivity contribution in [1.82, 2.24) is 9.55 Å². The third kappa shape index (κ3) is 2.92. The zero-order valence-corrected chi connectivity index (χ0v) is 10.5. The van der Waals surface area contributed by atoms with Crippen LogP contribution in [0.4, 0.5) is 5.69 Å². The maximum absolute atomic E-state index is 8.61. The molecule has 0 unspecified atom stereocenters. The van der Waals surface area contributed by atoms with Gasteiger partial charge in [0.05, 0.1) is 17.0 Å². The smallest absolute Gasteiger partial charge is 0.145 e. The molecule has 0 saturated carbocycles. The lowest BCUT2D eigenvalue weighted by Crippen LogP contribution is -1.94. The number of allylic oxidation sites excluding steroid dienone is 1. The van der Waals surface area contributed by atoms with E-state index in [1.807, 2.05) is 6.07 Å². The summed E-state index contributed by atoms with van der Waals surface area (Å²) >= 11 is 6.16. The summed E-state index contributed by atoms with van der Waals surface area (Å²) in [4.78, 5) is 3.95. The van der Waals surface area contributed by atoms with Gasteiger partial charge in [-0.15, -0.1) is 0 Å². The molecule has 0 saturated heterocycles. The highest BCUT2D eigenvalue weighted by molar-refractivity contribution is 6.32. The van der Waals surface area contributed by atoms with E-state index in [0.29, 0.717) is 10.7 Å². The van der Waals surface area contributed by atoms with Crippen LogP contribution in [0.25, 0.3) is 5.69 Å². The van der Waals surface area contributed by atoms with Crippen LogP contribution in [0.15, 0.2) is 48.7 Å². The highest BCUT2D eigenvalue weighted by Gasteiger charge is 2.03. The van der Waals surface area contributed by atoms with E-state index in [9.17, 15) is 0 Å². The standard InChI is InChI=1S/C13H8ClN5/c14-12-5-11(18-8-10(6-15)7-16)1-2-13(12)19-4-3-17-9-19/h1-5,8-9,18H. The summed E-state index contributed by atoms with van der Waals surface area (Å²) in [6.45, 7) is 0. The van der Waals surface area contributed by atoms with Gasteiger partial charge in [-0.05, 0) is 18.2 Å². The van der Waals surface area contributed by atoms with E-state index in [-0.39, 0.29) is 5.57 Å². The molecule has 5 nitrogen and oxygen atoms in total. The predicted octanol–water partition coefficient (Wildman–Crippen LogP) is 2.87. The Morgan fingerprint density at radius 2 is 2.16 bits per heavy atom. The number of benzene rings is 1. The molecule has 6 heteroatoms. The summed E-state index contributed by atoms with van der Waals surface area (Å²) in [7, 11) is 0. The second-order valence-electron chi connectivity index (χ2n) is 3.56. The lowest BCUT2D eigenvalue weighted by atomic mass is 10.2. The normalized spacial score (nSPS) is 9.21. The fourth-order valence-corrected chi connectivity index (χ4v) is 1.73. The SMILES string of the molecule is N#CC(C#N)=CNc1ccc(-n2ccnc2)c(Cl)c1. The summed E-state index contributed by atoms with van der Waals surface area (Å²) < 4.78 is 1.79. The highest BCUT2D eigenvalue weighted by Crippen LogP contribution is 2.24. The molecule has 0 aliphatic heterocycles. The molecule has 1 aromatic carbocycles. The second-order valence-corrected chi connectivity index (χ2v) is 3.97. The number of hydrogen-bond acceptors (Lipinski definition) is 4. The summed E-state index contributed by atoms with van der Waals surface area (Å²) in [5.74, 6) is 0. The van der Waals surface area contributed by atoms with Crippen LogP contribution in [0.5, 0.6) is 0 Å². The van der Waals surface area contributed by atoms with Gasteiger partial charge in [0.2, 0.25) is 0 Å². The fourth-order valence-electron chi connectivity index (χ4n) is 1.45. The molecule has 2 rings (SSSR count). The minimum atomic E-state index is -0.00481. The molecule has 1 aromatic heterocycles. The third-order valence-corrected chi connectivity index (χ3v) is 2.66. The molecule has 0 fully saturated rings. The van der Waals surface area contributed by atoms with Crippen LogP contribution < -0.4 is 5.32 Å². The fraction of sp³-hybridized carbons (Fsp3) is 0. The van der Waals surface area contributed by atoms with Crippen LogP contribution in [0.2, 0.25) is 5.02 Å². The second kappa shape index (κ2) is 5.72. The zero-order valence-electron chi connectivity index (χ0n) is 9.71. The number of anilines is 1. The van der Waals surface area contributed by atoms with E-state index in [2.05, 4.69) is 10.3 Å².